The topological polar surface area (TPSA) is 126 Å². The van der Waals surface area contributed by atoms with Crippen molar-refractivity contribution in [2.45, 2.75) is 88.6 Å². The molecule has 10 nitrogen and oxygen atoms in total. The van der Waals surface area contributed by atoms with Crippen molar-refractivity contribution in [3.05, 3.63) is 65.2 Å². The molecule has 13 heteroatoms. The fourth-order valence-electron chi connectivity index (χ4n) is 7.37. The highest BCUT2D eigenvalue weighted by Crippen LogP contribution is 2.39. The Morgan fingerprint density at radius 3 is 2.52 bits per heavy atom. The van der Waals surface area contributed by atoms with E-state index >= 15 is 4.39 Å². The van der Waals surface area contributed by atoms with Crippen LogP contribution < -0.4 is 16.0 Å². The van der Waals surface area contributed by atoms with Gasteiger partial charge in [0.2, 0.25) is 15.9 Å². The summed E-state index contributed by atoms with van der Waals surface area (Å²) in [7, 11) is -2.22. The average Bonchev–Trinajstić information content (AvgIpc) is 3.12. The number of fused-ring (bicyclic) bond motifs is 2. The number of alkyl carbamates (subject to hydrolysis) is 1. The van der Waals surface area contributed by atoms with Gasteiger partial charge < -0.3 is 25.4 Å². The summed E-state index contributed by atoms with van der Waals surface area (Å²) in [5.74, 6) is -2.16. The predicted molar refractivity (Wildman–Crippen MR) is 170 cm³/mol. The van der Waals surface area contributed by atoms with E-state index in [1.165, 1.54) is 31.4 Å². The third-order valence-corrected chi connectivity index (χ3v) is 11.4. The average molecular weight is 663 g/mol. The van der Waals surface area contributed by atoms with E-state index in [0.29, 0.717) is 44.3 Å². The van der Waals surface area contributed by atoms with Gasteiger partial charge in [-0.05, 0) is 88.1 Å². The minimum absolute atomic E-state index is 0.0944. The Balaban J connectivity index is 1.42. The van der Waals surface area contributed by atoms with E-state index in [2.05, 4.69) is 16.0 Å². The van der Waals surface area contributed by atoms with Crippen molar-refractivity contribution in [3.63, 3.8) is 0 Å². The molecule has 46 heavy (non-hydrogen) atoms. The summed E-state index contributed by atoms with van der Waals surface area (Å²) in [5, 5.41) is 8.99. The molecule has 3 heterocycles. The van der Waals surface area contributed by atoms with Crippen molar-refractivity contribution in [2.75, 3.05) is 31.3 Å². The Morgan fingerprint density at radius 1 is 1.11 bits per heavy atom. The minimum atomic E-state index is -3.42. The molecule has 0 radical (unpaired) electrons. The van der Waals surface area contributed by atoms with Crippen LogP contribution in [-0.2, 0) is 30.7 Å². The number of halogens is 2. The zero-order valence-electron chi connectivity index (χ0n) is 26.5. The number of methoxy groups -OCH3 is 1. The fraction of sp³-hybridized carbons (Fsp3) is 0.576. The summed E-state index contributed by atoms with van der Waals surface area (Å²) in [6.45, 7) is 4.76. The maximum atomic E-state index is 15.4. The quantitative estimate of drug-likeness (QED) is 0.366. The third-order valence-electron chi connectivity index (χ3n) is 9.46. The molecule has 7 atom stereocenters. The van der Waals surface area contributed by atoms with Crippen molar-refractivity contribution in [1.29, 1.82) is 0 Å². The number of carbonyl (C=O) groups is 2. The fourth-order valence-corrected chi connectivity index (χ4v) is 9.18. The Bertz CT molecular complexity index is 1480. The summed E-state index contributed by atoms with van der Waals surface area (Å²) in [6.07, 6.45) is 2.08. The van der Waals surface area contributed by atoms with Crippen LogP contribution in [0.2, 0.25) is 0 Å². The molecular weight excluding hydrogens is 618 g/mol. The first-order chi connectivity index (χ1) is 21.9. The zero-order valence-corrected chi connectivity index (χ0v) is 27.3. The molecule has 2 aromatic rings. The molecule has 2 bridgehead atoms. The van der Waals surface area contributed by atoms with Crippen LogP contribution in [0.25, 0.3) is 0 Å². The summed E-state index contributed by atoms with van der Waals surface area (Å²) in [5.41, 5.74) is 1.13. The van der Waals surface area contributed by atoms with Gasteiger partial charge in [0.1, 0.15) is 17.7 Å². The Hall–Kier alpha value is -3.13. The van der Waals surface area contributed by atoms with E-state index < -0.39 is 45.6 Å². The predicted octanol–water partition coefficient (Wildman–Crippen LogP) is 4.31. The van der Waals surface area contributed by atoms with Gasteiger partial charge in [0.05, 0.1) is 25.1 Å². The van der Waals surface area contributed by atoms with E-state index in [9.17, 15) is 22.4 Å². The first-order valence-corrected chi connectivity index (χ1v) is 17.6. The number of sulfonamides is 1. The van der Waals surface area contributed by atoms with Crippen LogP contribution in [0, 0.1) is 17.6 Å². The van der Waals surface area contributed by atoms with Gasteiger partial charge >= 0.3 is 6.09 Å². The number of anilines is 1. The van der Waals surface area contributed by atoms with Crippen molar-refractivity contribution < 1.29 is 36.3 Å². The number of piperazine rings is 1. The number of rotatable bonds is 9. The highest BCUT2D eigenvalue weighted by molar-refractivity contribution is 7.89. The highest BCUT2D eigenvalue weighted by atomic mass is 32.2. The summed E-state index contributed by atoms with van der Waals surface area (Å²) < 4.78 is 67.7. The molecule has 3 aliphatic rings. The number of hydrogen-bond acceptors (Lipinski definition) is 7. The molecular formula is C33H44F2N4O6S. The van der Waals surface area contributed by atoms with Gasteiger partial charge in [-0.25, -0.2) is 22.0 Å². The Morgan fingerprint density at radius 2 is 1.83 bits per heavy atom. The molecule has 3 aliphatic heterocycles. The standard InChI is InChI=1S/C33H44F2N4O6S/c1-20-16-23(17-21(2)45-20)30(22-9-11-24(34)12-10-22)31(38-33(41)44-3)32(40)37-29-8-4-7-28(35)27(29)14-13-26-18-36-25-6-5-15-46(42,43)39(26)19-25/h4,7-12,20-21,23,25-26,30-31,36H,5-6,13-19H2,1-3H3,(H,37,40)(H,38,41)/t20-,21-,25-,26+,30+,31?/m1/s1. The lowest BCUT2D eigenvalue weighted by Crippen LogP contribution is -2.57. The molecule has 0 saturated carbocycles. The van der Waals surface area contributed by atoms with E-state index in [1.807, 2.05) is 13.8 Å². The van der Waals surface area contributed by atoms with Crippen molar-refractivity contribution in [2.24, 2.45) is 5.92 Å². The lowest BCUT2D eigenvalue weighted by atomic mass is 9.74. The van der Waals surface area contributed by atoms with E-state index in [1.54, 1.807) is 22.5 Å². The normalized spacial score (nSPS) is 28.7. The summed E-state index contributed by atoms with van der Waals surface area (Å²) >= 11 is 0. The summed E-state index contributed by atoms with van der Waals surface area (Å²) in [4.78, 5) is 26.8. The molecule has 0 aromatic heterocycles. The lowest BCUT2D eigenvalue weighted by molar-refractivity contribution is -0.120. The van der Waals surface area contributed by atoms with Crippen molar-refractivity contribution in [1.82, 2.24) is 14.9 Å². The van der Waals surface area contributed by atoms with Gasteiger partial charge in [0.25, 0.3) is 0 Å². The molecule has 0 spiro atoms. The first kappa shape index (κ1) is 34.2. The second-order valence-corrected chi connectivity index (χ2v) is 14.8. The lowest BCUT2D eigenvalue weighted by Gasteiger charge is -2.40. The maximum Gasteiger partial charge on any atom is 0.407 e. The van der Waals surface area contributed by atoms with Gasteiger partial charge in [-0.2, -0.15) is 4.31 Å². The molecule has 3 saturated heterocycles. The van der Waals surface area contributed by atoms with Crippen LogP contribution in [-0.4, -0.2) is 81.0 Å². The Labute approximate surface area is 269 Å². The van der Waals surface area contributed by atoms with Crippen LogP contribution >= 0.6 is 0 Å². The van der Waals surface area contributed by atoms with Crippen LogP contribution in [0.1, 0.15) is 63.0 Å². The van der Waals surface area contributed by atoms with Gasteiger partial charge in [0, 0.05) is 42.3 Å². The van der Waals surface area contributed by atoms with Crippen LogP contribution in [0.5, 0.6) is 0 Å². The maximum absolute atomic E-state index is 15.4. The number of nitrogens with one attached hydrogen (secondary N) is 3. The number of ether oxygens (including phenoxy) is 2. The number of nitrogens with zero attached hydrogens (tertiary/aromatic N) is 1. The van der Waals surface area contributed by atoms with Gasteiger partial charge in [-0.1, -0.05) is 18.2 Å². The molecule has 5 rings (SSSR count). The van der Waals surface area contributed by atoms with Gasteiger partial charge in [-0.3, -0.25) is 4.79 Å². The van der Waals surface area contributed by atoms with Gasteiger partial charge in [0.15, 0.2) is 0 Å². The number of amides is 2. The SMILES string of the molecule is COC(=O)NC(C(=O)Nc1cccc(F)c1CC[C@H]1CN[C@@H]2CCCS(=O)(=O)N1C2)[C@@H](c1ccc(F)cc1)C1C[C@@H](C)O[C@H](C)C1. The van der Waals surface area contributed by atoms with Crippen molar-refractivity contribution >= 4 is 27.7 Å². The van der Waals surface area contributed by atoms with E-state index in [4.69, 9.17) is 9.47 Å². The highest BCUT2D eigenvalue weighted by Gasteiger charge is 2.41. The van der Waals surface area contributed by atoms with Crippen molar-refractivity contribution in [3.8, 4) is 0 Å². The minimum Gasteiger partial charge on any atom is -0.453 e. The Kier molecular flexibility index (Phi) is 11.0. The second-order valence-electron chi connectivity index (χ2n) is 12.8. The van der Waals surface area contributed by atoms with Gasteiger partial charge in [-0.15, -0.1) is 0 Å². The van der Waals surface area contributed by atoms with E-state index in [0.717, 1.165) is 6.42 Å². The molecule has 0 aliphatic carbocycles. The molecule has 2 unspecified atom stereocenters. The van der Waals surface area contributed by atoms with Crippen LogP contribution in [0.4, 0.5) is 19.3 Å². The molecule has 3 fully saturated rings. The monoisotopic (exact) mass is 662 g/mol. The zero-order chi connectivity index (χ0) is 33.0. The summed E-state index contributed by atoms with van der Waals surface area (Å²) in [6, 6.07) is 8.84. The van der Waals surface area contributed by atoms with Crippen LogP contribution in [0.3, 0.4) is 0 Å². The number of benzene rings is 2. The number of hydrogen-bond donors (Lipinski definition) is 3. The first-order valence-electron chi connectivity index (χ1n) is 16.0. The molecule has 3 N–H and O–H groups in total. The second kappa shape index (κ2) is 14.7. The largest absolute Gasteiger partial charge is 0.453 e. The molecule has 2 amide bonds. The smallest absolute Gasteiger partial charge is 0.407 e. The third kappa shape index (κ3) is 8.04. The number of carbonyl (C=O) groups excluding carboxylic acids is 2. The molecule has 2 aromatic carbocycles. The van der Waals surface area contributed by atoms with E-state index in [-0.39, 0.29) is 53.6 Å². The molecule has 252 valence electrons. The van der Waals surface area contributed by atoms with Crippen LogP contribution in [0.15, 0.2) is 42.5 Å².